The molecule has 15 heteroatoms. The molecule has 0 radical (unpaired) electrons. The summed E-state index contributed by atoms with van der Waals surface area (Å²) in [6.45, 7) is -0.373. The average molecular weight is 533 g/mol. The predicted octanol–water partition coefficient (Wildman–Crippen LogP) is -2.26. The number of hydrogen-bond acceptors (Lipinski definition) is 7. The van der Waals surface area contributed by atoms with Crippen LogP contribution in [0.5, 0.6) is 0 Å². The van der Waals surface area contributed by atoms with Gasteiger partial charge in [-0.2, -0.15) is 0 Å². The number of hydrogen-bond donors (Lipinski definition) is 9. The first kappa shape index (κ1) is 29.6. The summed E-state index contributed by atoms with van der Waals surface area (Å²) in [7, 11) is 0. The number of carbonyl (C=O) groups is 5. The van der Waals surface area contributed by atoms with Crippen LogP contribution in [0.25, 0.3) is 10.9 Å². The van der Waals surface area contributed by atoms with Gasteiger partial charge in [-0.15, -0.1) is 0 Å². The fourth-order valence-electron chi connectivity index (χ4n) is 3.67. The molecule has 3 unspecified atom stereocenters. The highest BCUT2D eigenvalue weighted by Crippen LogP contribution is 2.19. The van der Waals surface area contributed by atoms with Gasteiger partial charge in [-0.1, -0.05) is 18.2 Å². The number of nitrogens with two attached hydrogens (primary N) is 3. The highest BCUT2D eigenvalue weighted by atomic mass is 16.4. The largest absolute Gasteiger partial charge is 0.481 e. The number of fused-ring (bicyclic) bond motifs is 1. The van der Waals surface area contributed by atoms with Crippen molar-refractivity contribution in [2.45, 2.75) is 43.8 Å². The lowest BCUT2D eigenvalue weighted by Gasteiger charge is -2.24. The number of carbonyl (C=O) groups excluding carboxylic acids is 3. The molecule has 0 fully saturated rings. The molecular formula is C23H32N8O7. The maximum atomic E-state index is 13.1. The number of aliphatic imine (C=N–C) groups is 1. The van der Waals surface area contributed by atoms with Crippen molar-refractivity contribution in [1.82, 2.24) is 20.9 Å². The van der Waals surface area contributed by atoms with Gasteiger partial charge in [-0.25, -0.2) is 4.79 Å². The van der Waals surface area contributed by atoms with E-state index < -0.39 is 60.8 Å². The Morgan fingerprint density at radius 2 is 1.61 bits per heavy atom. The molecule has 0 spiro atoms. The number of amides is 3. The molecule has 3 amide bonds. The van der Waals surface area contributed by atoms with Crippen LogP contribution in [0.15, 0.2) is 35.5 Å². The molecule has 206 valence electrons. The van der Waals surface area contributed by atoms with Crippen molar-refractivity contribution in [3.05, 3.63) is 36.0 Å². The van der Waals surface area contributed by atoms with Gasteiger partial charge in [-0.3, -0.25) is 24.2 Å². The van der Waals surface area contributed by atoms with Crippen LogP contribution in [-0.4, -0.2) is 82.0 Å². The number of carboxylic acids is 2. The average Bonchev–Trinajstić information content (AvgIpc) is 3.27. The van der Waals surface area contributed by atoms with Gasteiger partial charge in [-0.05, 0) is 24.5 Å². The number of H-pyrrole nitrogens is 1. The van der Waals surface area contributed by atoms with Crippen LogP contribution in [0.1, 0.15) is 24.8 Å². The normalized spacial score (nSPS) is 13.1. The van der Waals surface area contributed by atoms with Gasteiger partial charge in [0.25, 0.3) is 0 Å². The van der Waals surface area contributed by atoms with Gasteiger partial charge in [0.05, 0.1) is 13.0 Å². The standard InChI is InChI=1S/C23H32N8O7/c24-10-18(32)29-16(9-19(33)34)21(36)30-15(6-3-7-27-23(25)26)20(35)31-17(22(37)38)8-12-11-28-14-5-2-1-4-13(12)14/h1-2,4-5,11,15-17,28H,3,6-10,24H2,(H,29,32)(H,30,36)(H,31,35)(H,33,34)(H,37,38)(H4,25,26,27). The summed E-state index contributed by atoms with van der Waals surface area (Å²) in [6, 6.07) is 3.12. The summed E-state index contributed by atoms with van der Waals surface area (Å²) in [5, 5.41) is 26.7. The highest BCUT2D eigenvalue weighted by Gasteiger charge is 2.30. The molecule has 3 atom stereocenters. The van der Waals surface area contributed by atoms with Crippen molar-refractivity contribution in [2.24, 2.45) is 22.2 Å². The maximum Gasteiger partial charge on any atom is 0.326 e. The third-order valence-electron chi connectivity index (χ3n) is 5.51. The number of aliphatic carboxylic acids is 2. The maximum absolute atomic E-state index is 13.1. The molecule has 0 saturated carbocycles. The lowest BCUT2D eigenvalue weighted by molar-refractivity contribution is -0.143. The minimum atomic E-state index is -1.52. The van der Waals surface area contributed by atoms with Crippen molar-refractivity contribution in [2.75, 3.05) is 13.1 Å². The molecular weight excluding hydrogens is 500 g/mol. The Balaban J connectivity index is 2.21. The van der Waals surface area contributed by atoms with E-state index in [1.807, 2.05) is 18.2 Å². The second kappa shape index (κ2) is 14.2. The molecule has 0 aliphatic heterocycles. The molecule has 0 saturated heterocycles. The number of rotatable bonds is 15. The first-order valence-corrected chi connectivity index (χ1v) is 11.7. The zero-order chi connectivity index (χ0) is 28.2. The fraction of sp³-hybridized carbons (Fsp3) is 0.391. The molecule has 38 heavy (non-hydrogen) atoms. The summed E-state index contributed by atoms with van der Waals surface area (Å²) in [4.78, 5) is 67.6. The van der Waals surface area contributed by atoms with Gasteiger partial charge in [0.1, 0.15) is 18.1 Å². The number of aromatic amines is 1. The van der Waals surface area contributed by atoms with Gasteiger partial charge in [0.15, 0.2) is 5.96 Å². The number of aromatic nitrogens is 1. The van der Waals surface area contributed by atoms with E-state index in [1.54, 1.807) is 12.3 Å². The van der Waals surface area contributed by atoms with E-state index in [4.69, 9.17) is 22.3 Å². The molecule has 0 aliphatic carbocycles. The van der Waals surface area contributed by atoms with E-state index in [0.29, 0.717) is 5.56 Å². The number of guanidine groups is 1. The lowest BCUT2D eigenvalue weighted by Crippen LogP contribution is -2.56. The van der Waals surface area contributed by atoms with E-state index in [2.05, 4.69) is 25.9 Å². The summed E-state index contributed by atoms with van der Waals surface area (Å²) in [5.74, 6) is -5.40. The van der Waals surface area contributed by atoms with Crippen LogP contribution in [0.2, 0.25) is 0 Å². The molecule has 0 bridgehead atoms. The molecule has 1 aromatic carbocycles. The van der Waals surface area contributed by atoms with E-state index in [-0.39, 0.29) is 31.8 Å². The van der Waals surface area contributed by atoms with Crippen LogP contribution >= 0.6 is 0 Å². The number of benzene rings is 1. The summed E-state index contributed by atoms with van der Waals surface area (Å²) in [5.41, 5.74) is 17.3. The Morgan fingerprint density at radius 1 is 0.947 bits per heavy atom. The lowest BCUT2D eigenvalue weighted by atomic mass is 10.0. The molecule has 2 rings (SSSR count). The van der Waals surface area contributed by atoms with Gasteiger partial charge < -0.3 is 48.3 Å². The van der Waals surface area contributed by atoms with Crippen LogP contribution < -0.4 is 33.2 Å². The Hall–Kier alpha value is -4.66. The van der Waals surface area contributed by atoms with Crippen LogP contribution in [0, 0.1) is 0 Å². The topological polar surface area (TPSA) is 268 Å². The van der Waals surface area contributed by atoms with Crippen LogP contribution in [0.3, 0.4) is 0 Å². The number of nitrogens with one attached hydrogen (secondary N) is 4. The van der Waals surface area contributed by atoms with E-state index >= 15 is 0 Å². The Bertz CT molecular complexity index is 1190. The number of para-hydroxylation sites is 1. The Kier molecular flexibility index (Phi) is 11.0. The number of nitrogens with zero attached hydrogens (tertiary/aromatic N) is 1. The minimum absolute atomic E-state index is 0.0155. The Morgan fingerprint density at radius 3 is 2.24 bits per heavy atom. The van der Waals surface area contributed by atoms with E-state index in [0.717, 1.165) is 10.9 Å². The molecule has 1 aromatic heterocycles. The third kappa shape index (κ3) is 9.09. The SMILES string of the molecule is NCC(=O)NC(CC(=O)O)C(=O)NC(CCCN=C(N)N)C(=O)NC(Cc1c[nH]c2ccccc12)C(=O)O. The van der Waals surface area contributed by atoms with Gasteiger partial charge >= 0.3 is 11.9 Å². The first-order chi connectivity index (χ1) is 18.0. The Labute approximate surface area is 217 Å². The highest BCUT2D eigenvalue weighted by molar-refractivity contribution is 5.95. The first-order valence-electron chi connectivity index (χ1n) is 11.7. The van der Waals surface area contributed by atoms with Gasteiger partial charge in [0, 0.05) is 30.1 Å². The van der Waals surface area contributed by atoms with Crippen molar-refractivity contribution >= 4 is 46.5 Å². The second-order valence-corrected chi connectivity index (χ2v) is 8.40. The smallest absolute Gasteiger partial charge is 0.326 e. The monoisotopic (exact) mass is 532 g/mol. The quantitative estimate of drug-likeness (QED) is 0.0674. The predicted molar refractivity (Wildman–Crippen MR) is 137 cm³/mol. The molecule has 15 nitrogen and oxygen atoms in total. The summed E-state index contributed by atoms with van der Waals surface area (Å²) < 4.78 is 0. The molecule has 2 aromatic rings. The minimum Gasteiger partial charge on any atom is -0.481 e. The zero-order valence-electron chi connectivity index (χ0n) is 20.5. The number of carboxylic acid groups (broad SMARTS) is 2. The summed E-state index contributed by atoms with van der Waals surface area (Å²) >= 11 is 0. The van der Waals surface area contributed by atoms with Crippen molar-refractivity contribution in [3.63, 3.8) is 0 Å². The van der Waals surface area contributed by atoms with E-state index in [1.165, 1.54) is 0 Å². The van der Waals surface area contributed by atoms with Crippen LogP contribution in [0.4, 0.5) is 0 Å². The molecule has 12 N–H and O–H groups in total. The van der Waals surface area contributed by atoms with Crippen LogP contribution in [-0.2, 0) is 30.4 Å². The van der Waals surface area contributed by atoms with Crippen molar-refractivity contribution in [1.29, 1.82) is 0 Å². The van der Waals surface area contributed by atoms with Crippen molar-refractivity contribution < 1.29 is 34.2 Å². The molecule has 0 aliphatic rings. The van der Waals surface area contributed by atoms with Crippen molar-refractivity contribution in [3.8, 4) is 0 Å². The molecule has 1 heterocycles. The fourth-order valence-corrected chi connectivity index (χ4v) is 3.67. The van der Waals surface area contributed by atoms with E-state index in [9.17, 15) is 29.1 Å². The summed E-state index contributed by atoms with van der Waals surface area (Å²) in [6.07, 6.45) is 1.04. The van der Waals surface area contributed by atoms with Gasteiger partial charge in [0.2, 0.25) is 17.7 Å². The third-order valence-corrected chi connectivity index (χ3v) is 5.51. The zero-order valence-corrected chi connectivity index (χ0v) is 20.5. The second-order valence-electron chi connectivity index (χ2n) is 8.40.